The Morgan fingerprint density at radius 2 is 1.88 bits per heavy atom. The molecule has 0 aliphatic heterocycles. The van der Waals surface area contributed by atoms with Crippen molar-refractivity contribution in [3.63, 3.8) is 0 Å². The molecule has 5 nitrogen and oxygen atoms in total. The van der Waals surface area contributed by atoms with Crippen LogP contribution in [0.5, 0.6) is 0 Å². The molecule has 32 heavy (non-hydrogen) atoms. The monoisotopic (exact) mass is 464 g/mol. The van der Waals surface area contributed by atoms with Gasteiger partial charge in [0.2, 0.25) is 5.91 Å². The molecule has 162 valence electrons. The first kappa shape index (κ1) is 20.9. The van der Waals surface area contributed by atoms with Gasteiger partial charge in [0, 0.05) is 23.0 Å². The van der Waals surface area contributed by atoms with Crippen molar-refractivity contribution >= 4 is 34.7 Å². The second-order valence-corrected chi connectivity index (χ2v) is 9.77. The van der Waals surface area contributed by atoms with Crippen LogP contribution in [-0.4, -0.2) is 20.7 Å². The molecule has 8 heteroatoms. The van der Waals surface area contributed by atoms with Crippen LogP contribution in [0.3, 0.4) is 0 Å². The highest BCUT2D eigenvalue weighted by Crippen LogP contribution is 2.43. The van der Waals surface area contributed by atoms with Gasteiger partial charge in [0.25, 0.3) is 0 Å². The number of hydrogen-bond acceptors (Lipinski definition) is 5. The predicted molar refractivity (Wildman–Crippen MR) is 125 cm³/mol. The van der Waals surface area contributed by atoms with E-state index in [0.29, 0.717) is 11.7 Å². The van der Waals surface area contributed by atoms with Gasteiger partial charge in [-0.1, -0.05) is 48.2 Å². The maximum atomic E-state index is 13.3. The summed E-state index contributed by atoms with van der Waals surface area (Å²) in [5.41, 5.74) is 1.43. The van der Waals surface area contributed by atoms with E-state index in [1.54, 1.807) is 23.5 Å². The molecule has 0 bridgehead atoms. The Morgan fingerprint density at radius 3 is 2.56 bits per heavy atom. The molecule has 2 heterocycles. The number of rotatable bonds is 8. The molecule has 5 rings (SSSR count). The highest BCUT2D eigenvalue weighted by molar-refractivity contribution is 8.00. The highest BCUT2D eigenvalue weighted by Gasteiger charge is 2.32. The van der Waals surface area contributed by atoms with Crippen LogP contribution in [0.1, 0.15) is 40.4 Å². The number of nitrogens with zero attached hydrogens (tertiary/aromatic N) is 3. The standard InChI is InChI=1S/C24H21FN4OS2/c25-17-8-10-18(11-9-17)26-23(30)22(16-5-2-1-3-6-16)32-24-28-27-21(29(24)19-12-13-19)15-20-7-4-14-31-20/h1-11,14,19,22H,12-13,15H2,(H,26,30). The summed E-state index contributed by atoms with van der Waals surface area (Å²) in [6.07, 6.45) is 2.93. The van der Waals surface area contributed by atoms with Crippen molar-refractivity contribution in [2.75, 3.05) is 5.32 Å². The van der Waals surface area contributed by atoms with Gasteiger partial charge in [0.1, 0.15) is 16.9 Å². The van der Waals surface area contributed by atoms with Crippen LogP contribution < -0.4 is 5.32 Å². The lowest BCUT2D eigenvalue weighted by atomic mass is 10.1. The number of thioether (sulfide) groups is 1. The largest absolute Gasteiger partial charge is 0.325 e. The van der Waals surface area contributed by atoms with E-state index < -0.39 is 5.25 Å². The average molecular weight is 465 g/mol. The number of carbonyl (C=O) groups excluding carboxylic acids is 1. The van der Waals surface area contributed by atoms with Crippen molar-refractivity contribution in [2.45, 2.75) is 35.7 Å². The Kier molecular flexibility index (Phi) is 6.05. The summed E-state index contributed by atoms with van der Waals surface area (Å²) < 4.78 is 15.5. The number of benzene rings is 2. The number of halogens is 1. The maximum absolute atomic E-state index is 13.3. The Labute approximate surface area is 193 Å². The quantitative estimate of drug-likeness (QED) is 0.331. The number of anilines is 1. The summed E-state index contributed by atoms with van der Waals surface area (Å²) in [7, 11) is 0. The van der Waals surface area contributed by atoms with Crippen LogP contribution in [0.15, 0.2) is 77.3 Å². The van der Waals surface area contributed by atoms with Crippen LogP contribution in [-0.2, 0) is 11.2 Å². The Balaban J connectivity index is 1.43. The normalized spacial score (nSPS) is 14.3. The lowest BCUT2D eigenvalue weighted by molar-refractivity contribution is -0.115. The fraction of sp³-hybridized carbons (Fsp3) is 0.208. The van der Waals surface area contributed by atoms with Crippen molar-refractivity contribution in [3.8, 4) is 0 Å². The molecule has 2 aromatic carbocycles. The topological polar surface area (TPSA) is 59.8 Å². The van der Waals surface area contributed by atoms with Crippen LogP contribution >= 0.6 is 23.1 Å². The number of nitrogens with one attached hydrogen (secondary N) is 1. The van der Waals surface area contributed by atoms with Gasteiger partial charge in [0.05, 0.1) is 0 Å². The van der Waals surface area contributed by atoms with Crippen LogP contribution in [0, 0.1) is 5.82 Å². The SMILES string of the molecule is O=C(Nc1ccc(F)cc1)C(Sc1nnc(Cc2cccs2)n1C1CC1)c1ccccc1. The molecular formula is C24H21FN4OS2. The molecule has 1 N–H and O–H groups in total. The molecule has 2 aromatic heterocycles. The molecule has 0 spiro atoms. The summed E-state index contributed by atoms with van der Waals surface area (Å²) in [5, 5.41) is 14.2. The first-order valence-corrected chi connectivity index (χ1v) is 12.2. The Morgan fingerprint density at radius 1 is 1.09 bits per heavy atom. The second-order valence-electron chi connectivity index (χ2n) is 7.66. The molecule has 1 saturated carbocycles. The maximum Gasteiger partial charge on any atom is 0.242 e. The number of amides is 1. The minimum atomic E-state index is -0.516. The molecule has 1 aliphatic rings. The first-order valence-electron chi connectivity index (χ1n) is 10.4. The lowest BCUT2D eigenvalue weighted by Gasteiger charge is -2.17. The molecule has 1 atom stereocenters. The van der Waals surface area contributed by atoms with E-state index in [-0.39, 0.29) is 11.7 Å². The molecule has 0 saturated heterocycles. The zero-order chi connectivity index (χ0) is 21.9. The highest BCUT2D eigenvalue weighted by atomic mass is 32.2. The van der Waals surface area contributed by atoms with Crippen molar-refractivity contribution in [1.29, 1.82) is 0 Å². The number of aromatic nitrogens is 3. The lowest BCUT2D eigenvalue weighted by Crippen LogP contribution is -2.19. The van der Waals surface area contributed by atoms with Crippen LogP contribution in [0.4, 0.5) is 10.1 Å². The summed E-state index contributed by atoms with van der Waals surface area (Å²) in [6.45, 7) is 0. The van der Waals surface area contributed by atoms with Gasteiger partial charge in [-0.2, -0.15) is 0 Å². The third-order valence-electron chi connectivity index (χ3n) is 5.24. The van der Waals surface area contributed by atoms with Crippen molar-refractivity contribution in [2.24, 2.45) is 0 Å². The second kappa shape index (κ2) is 9.26. The smallest absolute Gasteiger partial charge is 0.242 e. The summed E-state index contributed by atoms with van der Waals surface area (Å²) in [5.74, 6) is 0.411. The molecular weight excluding hydrogens is 443 g/mol. The van der Waals surface area contributed by atoms with Crippen molar-refractivity contribution < 1.29 is 9.18 Å². The average Bonchev–Trinajstić information content (AvgIpc) is 3.36. The Bertz CT molecular complexity index is 1190. The zero-order valence-corrected chi connectivity index (χ0v) is 18.8. The summed E-state index contributed by atoms with van der Waals surface area (Å²) >= 11 is 3.11. The van der Waals surface area contributed by atoms with Crippen LogP contribution in [0.25, 0.3) is 0 Å². The molecule has 0 radical (unpaired) electrons. The summed E-state index contributed by atoms with van der Waals surface area (Å²) in [4.78, 5) is 14.5. The fourth-order valence-corrected chi connectivity index (χ4v) is 5.35. The zero-order valence-electron chi connectivity index (χ0n) is 17.1. The molecule has 1 fully saturated rings. The number of hydrogen-bond donors (Lipinski definition) is 1. The van der Waals surface area contributed by atoms with E-state index in [1.807, 2.05) is 36.4 Å². The van der Waals surface area contributed by atoms with Gasteiger partial charge in [0.15, 0.2) is 5.16 Å². The van der Waals surface area contributed by atoms with E-state index in [4.69, 9.17) is 0 Å². The van der Waals surface area contributed by atoms with E-state index in [9.17, 15) is 9.18 Å². The summed E-state index contributed by atoms with van der Waals surface area (Å²) in [6, 6.07) is 20.0. The molecule has 1 aliphatic carbocycles. The predicted octanol–water partition coefficient (Wildman–Crippen LogP) is 5.88. The number of carbonyl (C=O) groups is 1. The van der Waals surface area contributed by atoms with Gasteiger partial charge < -0.3 is 9.88 Å². The Hall–Kier alpha value is -2.97. The van der Waals surface area contributed by atoms with Crippen molar-refractivity contribution in [1.82, 2.24) is 14.8 Å². The third-order valence-corrected chi connectivity index (χ3v) is 7.32. The molecule has 4 aromatic rings. The van der Waals surface area contributed by atoms with Gasteiger partial charge in [-0.15, -0.1) is 21.5 Å². The number of thiophene rings is 1. The first-order chi connectivity index (χ1) is 15.7. The van der Waals surface area contributed by atoms with E-state index in [1.165, 1.54) is 28.8 Å². The van der Waals surface area contributed by atoms with E-state index >= 15 is 0 Å². The minimum absolute atomic E-state index is 0.182. The van der Waals surface area contributed by atoms with Gasteiger partial charge in [-0.05, 0) is 54.1 Å². The van der Waals surface area contributed by atoms with E-state index in [0.717, 1.165) is 35.8 Å². The van der Waals surface area contributed by atoms with E-state index in [2.05, 4.69) is 31.5 Å². The molecule has 1 unspecified atom stereocenters. The fourth-order valence-electron chi connectivity index (χ4n) is 3.52. The van der Waals surface area contributed by atoms with Crippen molar-refractivity contribution in [3.05, 3.63) is 94.2 Å². The van der Waals surface area contributed by atoms with Gasteiger partial charge >= 0.3 is 0 Å². The van der Waals surface area contributed by atoms with Gasteiger partial charge in [-0.25, -0.2) is 4.39 Å². The minimum Gasteiger partial charge on any atom is -0.325 e. The third kappa shape index (κ3) is 4.76. The molecule has 1 amide bonds. The van der Waals surface area contributed by atoms with Gasteiger partial charge in [-0.3, -0.25) is 4.79 Å². The van der Waals surface area contributed by atoms with Crippen LogP contribution in [0.2, 0.25) is 0 Å².